The number of nitrogens with two attached hydrogens (primary N) is 1. The van der Waals surface area contributed by atoms with E-state index >= 15 is 0 Å². The number of rotatable bonds is 7. The van der Waals surface area contributed by atoms with E-state index in [4.69, 9.17) is 33.1 Å². The molecule has 2 aromatic rings. The fourth-order valence-electron chi connectivity index (χ4n) is 2.02. The van der Waals surface area contributed by atoms with Gasteiger partial charge in [-0.1, -0.05) is 35.3 Å². The molecule has 0 saturated heterocycles. The van der Waals surface area contributed by atoms with Crippen molar-refractivity contribution in [1.82, 2.24) is 0 Å². The second-order valence-electron chi connectivity index (χ2n) is 5.23. The number of hydrogen-bond acceptors (Lipinski definition) is 4. The van der Waals surface area contributed by atoms with Crippen molar-refractivity contribution in [3.05, 3.63) is 58.1 Å². The van der Waals surface area contributed by atoms with Crippen LogP contribution >= 0.6 is 23.2 Å². The fraction of sp³-hybridized carbons (Fsp3) is 0.188. The molecule has 0 spiro atoms. The summed E-state index contributed by atoms with van der Waals surface area (Å²) in [4.78, 5) is 11.9. The highest BCUT2D eigenvalue weighted by Crippen LogP contribution is 2.26. The standard InChI is InChI=1S/C16H16Cl2N2O4S/c17-14-5-4-13(9-15(14)18)24-7-6-16(21)20-12-3-1-2-11(8-12)10-25(19,22)23/h1-5,8-9H,6-7,10H2,(H,20,21)(H2,19,22,23). The highest BCUT2D eigenvalue weighted by molar-refractivity contribution is 7.88. The van der Waals surface area contributed by atoms with Crippen molar-refractivity contribution in [3.63, 3.8) is 0 Å². The van der Waals surface area contributed by atoms with Crippen LogP contribution in [0.25, 0.3) is 0 Å². The molecule has 3 N–H and O–H groups in total. The Morgan fingerprint density at radius 3 is 2.56 bits per heavy atom. The predicted octanol–water partition coefficient (Wildman–Crippen LogP) is 3.19. The maximum atomic E-state index is 11.9. The van der Waals surface area contributed by atoms with Crippen molar-refractivity contribution in [2.24, 2.45) is 5.14 Å². The van der Waals surface area contributed by atoms with E-state index in [1.807, 2.05) is 0 Å². The molecular formula is C16H16Cl2N2O4S. The lowest BCUT2D eigenvalue weighted by atomic mass is 10.2. The third kappa shape index (κ3) is 6.91. The molecule has 0 fully saturated rings. The maximum absolute atomic E-state index is 11.9. The van der Waals surface area contributed by atoms with Gasteiger partial charge in [0.15, 0.2) is 0 Å². The van der Waals surface area contributed by atoms with Gasteiger partial charge in [-0.15, -0.1) is 0 Å². The summed E-state index contributed by atoms with van der Waals surface area (Å²) < 4.78 is 27.7. The van der Waals surface area contributed by atoms with Gasteiger partial charge in [-0.05, 0) is 29.8 Å². The Kier molecular flexibility index (Phi) is 6.66. The van der Waals surface area contributed by atoms with Crippen LogP contribution in [-0.4, -0.2) is 20.9 Å². The van der Waals surface area contributed by atoms with Gasteiger partial charge in [-0.25, -0.2) is 13.6 Å². The molecular weight excluding hydrogens is 387 g/mol. The minimum absolute atomic E-state index is 0.111. The summed E-state index contributed by atoms with van der Waals surface area (Å²) in [6.45, 7) is 0.153. The van der Waals surface area contributed by atoms with E-state index in [0.717, 1.165) is 0 Å². The van der Waals surface area contributed by atoms with Gasteiger partial charge in [-0.3, -0.25) is 4.79 Å². The highest BCUT2D eigenvalue weighted by atomic mass is 35.5. The summed E-state index contributed by atoms with van der Waals surface area (Å²) in [5, 5.41) is 8.48. The molecule has 0 aliphatic carbocycles. The number of hydrogen-bond donors (Lipinski definition) is 2. The summed E-state index contributed by atoms with van der Waals surface area (Å²) in [5.74, 6) is -0.0536. The van der Waals surface area contributed by atoms with Crippen molar-refractivity contribution in [2.75, 3.05) is 11.9 Å². The largest absolute Gasteiger partial charge is 0.493 e. The third-order valence-electron chi connectivity index (χ3n) is 3.07. The lowest BCUT2D eigenvalue weighted by Gasteiger charge is -2.09. The van der Waals surface area contributed by atoms with Crippen LogP contribution in [0.15, 0.2) is 42.5 Å². The van der Waals surface area contributed by atoms with Gasteiger partial charge in [0.2, 0.25) is 15.9 Å². The highest BCUT2D eigenvalue weighted by Gasteiger charge is 2.08. The number of anilines is 1. The second kappa shape index (κ2) is 8.53. The molecule has 0 aliphatic heterocycles. The zero-order chi connectivity index (χ0) is 18.4. The Bertz CT molecular complexity index is 872. The Balaban J connectivity index is 1.85. The fourth-order valence-corrected chi connectivity index (χ4v) is 2.96. The zero-order valence-corrected chi connectivity index (χ0v) is 15.4. The smallest absolute Gasteiger partial charge is 0.227 e. The van der Waals surface area contributed by atoms with Crippen molar-refractivity contribution >= 4 is 44.8 Å². The summed E-state index contributed by atoms with van der Waals surface area (Å²) in [5.41, 5.74) is 0.980. The van der Waals surface area contributed by atoms with Crippen molar-refractivity contribution in [1.29, 1.82) is 0 Å². The molecule has 0 bridgehead atoms. The first kappa shape index (κ1) is 19.5. The van der Waals surface area contributed by atoms with Crippen LogP contribution in [0.2, 0.25) is 10.0 Å². The molecule has 2 rings (SSSR count). The molecule has 0 radical (unpaired) electrons. The summed E-state index contributed by atoms with van der Waals surface area (Å²) >= 11 is 11.7. The molecule has 0 atom stereocenters. The van der Waals surface area contributed by atoms with Crippen LogP contribution < -0.4 is 15.2 Å². The van der Waals surface area contributed by atoms with E-state index in [1.165, 1.54) is 0 Å². The number of carbonyl (C=O) groups excluding carboxylic acids is 1. The van der Waals surface area contributed by atoms with Gasteiger partial charge in [0, 0.05) is 11.8 Å². The van der Waals surface area contributed by atoms with E-state index in [2.05, 4.69) is 5.32 Å². The molecule has 6 nitrogen and oxygen atoms in total. The second-order valence-corrected chi connectivity index (χ2v) is 7.66. The Hall–Kier alpha value is -1.80. The topological polar surface area (TPSA) is 98.5 Å². The number of ether oxygens (including phenoxy) is 1. The number of nitrogens with one attached hydrogen (secondary N) is 1. The summed E-state index contributed by atoms with van der Waals surface area (Å²) in [6, 6.07) is 11.3. The van der Waals surface area contributed by atoms with E-state index in [-0.39, 0.29) is 24.7 Å². The van der Waals surface area contributed by atoms with Gasteiger partial charge >= 0.3 is 0 Å². The van der Waals surface area contributed by atoms with E-state index in [0.29, 0.717) is 27.0 Å². The maximum Gasteiger partial charge on any atom is 0.227 e. The van der Waals surface area contributed by atoms with E-state index < -0.39 is 10.0 Å². The quantitative estimate of drug-likeness (QED) is 0.742. The van der Waals surface area contributed by atoms with Gasteiger partial charge < -0.3 is 10.1 Å². The molecule has 0 aliphatic rings. The van der Waals surface area contributed by atoms with Crippen LogP contribution in [0.5, 0.6) is 5.75 Å². The number of benzene rings is 2. The molecule has 134 valence electrons. The number of primary sulfonamides is 1. The molecule has 1 amide bonds. The minimum atomic E-state index is -3.63. The summed E-state index contributed by atoms with van der Waals surface area (Å²) in [7, 11) is -3.63. The van der Waals surface area contributed by atoms with Crippen LogP contribution in [-0.2, 0) is 20.6 Å². The van der Waals surface area contributed by atoms with Gasteiger partial charge in [0.25, 0.3) is 0 Å². The lowest BCUT2D eigenvalue weighted by Crippen LogP contribution is -2.16. The van der Waals surface area contributed by atoms with Crippen LogP contribution in [0.4, 0.5) is 5.69 Å². The Morgan fingerprint density at radius 2 is 1.88 bits per heavy atom. The van der Waals surface area contributed by atoms with E-state index in [9.17, 15) is 13.2 Å². The van der Waals surface area contributed by atoms with Crippen LogP contribution in [0.3, 0.4) is 0 Å². The molecule has 2 aromatic carbocycles. The Morgan fingerprint density at radius 1 is 1.12 bits per heavy atom. The molecule has 25 heavy (non-hydrogen) atoms. The van der Waals surface area contributed by atoms with Gasteiger partial charge in [0.1, 0.15) is 5.75 Å². The Labute approximate surface area is 155 Å². The van der Waals surface area contributed by atoms with Gasteiger partial charge in [0.05, 0.1) is 28.8 Å². The average Bonchev–Trinajstić information content (AvgIpc) is 2.49. The van der Waals surface area contributed by atoms with Crippen LogP contribution in [0.1, 0.15) is 12.0 Å². The lowest BCUT2D eigenvalue weighted by molar-refractivity contribution is -0.116. The van der Waals surface area contributed by atoms with Crippen molar-refractivity contribution in [3.8, 4) is 5.75 Å². The normalized spacial score (nSPS) is 11.2. The summed E-state index contributed by atoms with van der Waals surface area (Å²) in [6.07, 6.45) is 0.111. The van der Waals surface area contributed by atoms with E-state index in [1.54, 1.807) is 42.5 Å². The first-order chi connectivity index (χ1) is 11.7. The monoisotopic (exact) mass is 402 g/mol. The van der Waals surface area contributed by atoms with Gasteiger partial charge in [-0.2, -0.15) is 0 Å². The molecule has 0 unspecified atom stereocenters. The minimum Gasteiger partial charge on any atom is -0.493 e. The van der Waals surface area contributed by atoms with Crippen LogP contribution in [0, 0.1) is 0 Å². The molecule has 0 heterocycles. The predicted molar refractivity (Wildman–Crippen MR) is 98.5 cm³/mol. The SMILES string of the molecule is NS(=O)(=O)Cc1cccc(NC(=O)CCOc2ccc(Cl)c(Cl)c2)c1. The number of amides is 1. The average molecular weight is 403 g/mol. The zero-order valence-electron chi connectivity index (χ0n) is 13.0. The molecule has 0 saturated carbocycles. The third-order valence-corrected chi connectivity index (χ3v) is 4.54. The number of carbonyl (C=O) groups is 1. The molecule has 0 aromatic heterocycles. The number of halogens is 2. The first-order valence-electron chi connectivity index (χ1n) is 7.20. The van der Waals surface area contributed by atoms with Crippen molar-refractivity contribution in [2.45, 2.75) is 12.2 Å². The molecule has 9 heteroatoms. The number of sulfonamides is 1. The van der Waals surface area contributed by atoms with Crippen molar-refractivity contribution < 1.29 is 17.9 Å². The first-order valence-corrected chi connectivity index (χ1v) is 9.67.